The van der Waals surface area contributed by atoms with E-state index in [-0.39, 0.29) is 21.6 Å². The first-order valence-corrected chi connectivity index (χ1v) is 6.59. The summed E-state index contributed by atoms with van der Waals surface area (Å²) in [5, 5.41) is 5.03. The standard InChI is InChI=1S/C13H10Cl2N4O2/c1-7-11(15)16-6-10(17-7)18-13(21)19-12(20)8-4-2-3-5-9(8)14/h2-6H,1H3,(H2,17,18,19,20,21). The largest absolute Gasteiger partial charge is 0.327 e. The number of aryl methyl sites for hydroxylation is 1. The van der Waals surface area contributed by atoms with Crippen LogP contribution in [0.1, 0.15) is 16.1 Å². The zero-order valence-corrected chi connectivity index (χ0v) is 12.4. The summed E-state index contributed by atoms with van der Waals surface area (Å²) >= 11 is 11.6. The number of halogens is 2. The van der Waals surface area contributed by atoms with E-state index in [2.05, 4.69) is 20.6 Å². The Morgan fingerprint density at radius 2 is 1.90 bits per heavy atom. The van der Waals surface area contributed by atoms with E-state index in [4.69, 9.17) is 23.2 Å². The minimum atomic E-state index is -0.740. The normalized spacial score (nSPS) is 10.0. The lowest BCUT2D eigenvalue weighted by atomic mass is 10.2. The predicted octanol–water partition coefficient (Wildman–Crippen LogP) is 3.05. The SMILES string of the molecule is Cc1nc(NC(=O)NC(=O)c2ccccc2Cl)cnc1Cl. The molecule has 0 fully saturated rings. The highest BCUT2D eigenvalue weighted by atomic mass is 35.5. The molecule has 2 N–H and O–H groups in total. The third-order valence-corrected chi connectivity index (χ3v) is 3.17. The number of nitrogens with zero attached hydrogens (tertiary/aromatic N) is 2. The number of imide groups is 1. The molecule has 108 valence electrons. The fourth-order valence-corrected chi connectivity index (χ4v) is 1.80. The van der Waals surface area contributed by atoms with Crippen molar-refractivity contribution in [2.24, 2.45) is 0 Å². The van der Waals surface area contributed by atoms with Crippen LogP contribution in [-0.2, 0) is 0 Å². The Labute approximate surface area is 130 Å². The second-order valence-electron chi connectivity index (χ2n) is 4.02. The maximum Gasteiger partial charge on any atom is 0.327 e. The summed E-state index contributed by atoms with van der Waals surface area (Å²) < 4.78 is 0. The molecule has 1 aromatic carbocycles. The number of benzene rings is 1. The first kappa shape index (κ1) is 15.2. The van der Waals surface area contributed by atoms with Crippen molar-refractivity contribution in [3.63, 3.8) is 0 Å². The minimum absolute atomic E-state index is 0.182. The van der Waals surface area contributed by atoms with Crippen molar-refractivity contribution in [1.29, 1.82) is 0 Å². The first-order valence-electron chi connectivity index (χ1n) is 5.83. The highest BCUT2D eigenvalue weighted by molar-refractivity contribution is 6.34. The maximum absolute atomic E-state index is 11.9. The molecule has 6 nitrogen and oxygen atoms in total. The van der Waals surface area contributed by atoms with Crippen LogP contribution in [0.2, 0.25) is 10.2 Å². The molecule has 0 atom stereocenters. The van der Waals surface area contributed by atoms with E-state index in [1.165, 1.54) is 12.3 Å². The van der Waals surface area contributed by atoms with Crippen LogP contribution >= 0.6 is 23.2 Å². The van der Waals surface area contributed by atoms with Gasteiger partial charge in [0.25, 0.3) is 5.91 Å². The van der Waals surface area contributed by atoms with Crippen molar-refractivity contribution < 1.29 is 9.59 Å². The Morgan fingerprint density at radius 3 is 2.57 bits per heavy atom. The van der Waals surface area contributed by atoms with Crippen LogP contribution in [0.15, 0.2) is 30.5 Å². The summed E-state index contributed by atoms with van der Waals surface area (Å²) in [5.74, 6) is -0.432. The summed E-state index contributed by atoms with van der Waals surface area (Å²) in [7, 11) is 0. The molecule has 0 saturated carbocycles. The van der Waals surface area contributed by atoms with Gasteiger partial charge in [-0.3, -0.25) is 15.4 Å². The number of anilines is 1. The van der Waals surface area contributed by atoms with Crippen LogP contribution in [0.4, 0.5) is 10.6 Å². The van der Waals surface area contributed by atoms with Gasteiger partial charge < -0.3 is 0 Å². The molecule has 21 heavy (non-hydrogen) atoms. The van der Waals surface area contributed by atoms with Gasteiger partial charge in [0.05, 0.1) is 22.5 Å². The highest BCUT2D eigenvalue weighted by Crippen LogP contribution is 2.15. The van der Waals surface area contributed by atoms with Gasteiger partial charge in [0.2, 0.25) is 0 Å². The topological polar surface area (TPSA) is 84.0 Å². The van der Waals surface area contributed by atoms with E-state index in [0.29, 0.717) is 5.69 Å². The fraction of sp³-hybridized carbons (Fsp3) is 0.0769. The molecule has 0 aliphatic heterocycles. The van der Waals surface area contributed by atoms with Gasteiger partial charge in [0.1, 0.15) is 5.15 Å². The molecule has 0 aliphatic carbocycles. The van der Waals surface area contributed by atoms with Crippen molar-refractivity contribution in [2.75, 3.05) is 5.32 Å². The Hall–Kier alpha value is -2.18. The van der Waals surface area contributed by atoms with Gasteiger partial charge in [-0.25, -0.2) is 14.8 Å². The van der Waals surface area contributed by atoms with E-state index in [1.807, 2.05) is 0 Å². The van der Waals surface area contributed by atoms with Crippen LogP contribution in [0.5, 0.6) is 0 Å². The zero-order valence-electron chi connectivity index (χ0n) is 10.9. The van der Waals surface area contributed by atoms with Crippen LogP contribution in [0.25, 0.3) is 0 Å². The number of rotatable bonds is 2. The van der Waals surface area contributed by atoms with Gasteiger partial charge in [-0.1, -0.05) is 35.3 Å². The molecule has 0 spiro atoms. The number of aromatic nitrogens is 2. The first-order chi connectivity index (χ1) is 9.97. The summed E-state index contributed by atoms with van der Waals surface area (Å²) in [6, 6.07) is 5.66. The number of nitrogens with one attached hydrogen (secondary N) is 2. The van der Waals surface area contributed by atoms with Gasteiger partial charge in [-0.05, 0) is 19.1 Å². The van der Waals surface area contributed by atoms with Crippen LogP contribution in [0, 0.1) is 6.92 Å². The lowest BCUT2D eigenvalue weighted by Crippen LogP contribution is -2.34. The predicted molar refractivity (Wildman–Crippen MR) is 79.7 cm³/mol. The molecule has 3 amide bonds. The number of hydrogen-bond donors (Lipinski definition) is 2. The summed E-state index contributed by atoms with van der Waals surface area (Å²) in [4.78, 5) is 31.4. The number of urea groups is 1. The van der Waals surface area contributed by atoms with E-state index in [9.17, 15) is 9.59 Å². The molecule has 0 bridgehead atoms. The summed E-state index contributed by atoms with van der Waals surface area (Å²) in [6.45, 7) is 1.65. The van der Waals surface area contributed by atoms with E-state index < -0.39 is 11.9 Å². The van der Waals surface area contributed by atoms with Crippen LogP contribution in [0.3, 0.4) is 0 Å². The zero-order chi connectivity index (χ0) is 15.4. The number of hydrogen-bond acceptors (Lipinski definition) is 4. The molecule has 2 aromatic rings. The van der Waals surface area contributed by atoms with E-state index >= 15 is 0 Å². The van der Waals surface area contributed by atoms with Crippen molar-refractivity contribution in [2.45, 2.75) is 6.92 Å². The molecule has 0 radical (unpaired) electrons. The molecule has 0 aliphatic rings. The van der Waals surface area contributed by atoms with Gasteiger partial charge in [-0.15, -0.1) is 0 Å². The summed E-state index contributed by atoms with van der Waals surface area (Å²) in [6.07, 6.45) is 1.29. The van der Waals surface area contributed by atoms with Gasteiger partial charge in [0, 0.05) is 0 Å². The Bertz CT molecular complexity index is 706. The number of carbonyl (C=O) groups is 2. The second kappa shape index (κ2) is 6.51. The molecular weight excluding hydrogens is 315 g/mol. The van der Waals surface area contributed by atoms with Crippen molar-refractivity contribution >= 4 is 41.0 Å². The average Bonchev–Trinajstić information content (AvgIpc) is 2.43. The lowest BCUT2D eigenvalue weighted by molar-refractivity contribution is 0.0967. The Morgan fingerprint density at radius 1 is 1.19 bits per heavy atom. The quantitative estimate of drug-likeness (QED) is 0.889. The van der Waals surface area contributed by atoms with Crippen molar-refractivity contribution in [3.8, 4) is 0 Å². The molecule has 2 rings (SSSR count). The molecular formula is C13H10Cl2N4O2. The minimum Gasteiger partial charge on any atom is -0.291 e. The second-order valence-corrected chi connectivity index (χ2v) is 4.78. The fourth-order valence-electron chi connectivity index (χ4n) is 1.49. The van der Waals surface area contributed by atoms with E-state index in [1.54, 1.807) is 25.1 Å². The van der Waals surface area contributed by atoms with Gasteiger partial charge in [0.15, 0.2) is 5.82 Å². The smallest absolute Gasteiger partial charge is 0.291 e. The summed E-state index contributed by atoms with van der Waals surface area (Å²) in [5.41, 5.74) is 0.666. The monoisotopic (exact) mass is 324 g/mol. The highest BCUT2D eigenvalue weighted by Gasteiger charge is 2.13. The third-order valence-electron chi connectivity index (χ3n) is 2.47. The van der Waals surface area contributed by atoms with Gasteiger partial charge in [-0.2, -0.15) is 0 Å². The van der Waals surface area contributed by atoms with Crippen molar-refractivity contribution in [1.82, 2.24) is 15.3 Å². The molecule has 0 saturated heterocycles. The molecule has 0 unspecified atom stereocenters. The molecule has 1 heterocycles. The maximum atomic E-state index is 11.9. The Balaban J connectivity index is 2.03. The van der Waals surface area contributed by atoms with Crippen molar-refractivity contribution in [3.05, 3.63) is 51.9 Å². The van der Waals surface area contributed by atoms with E-state index in [0.717, 1.165) is 0 Å². The van der Waals surface area contributed by atoms with Crippen LogP contribution < -0.4 is 10.6 Å². The molecule has 8 heteroatoms. The Kier molecular flexibility index (Phi) is 4.72. The number of amides is 3. The third kappa shape index (κ3) is 3.90. The molecule has 1 aromatic heterocycles. The van der Waals surface area contributed by atoms with Gasteiger partial charge >= 0.3 is 6.03 Å². The average molecular weight is 325 g/mol. The van der Waals surface area contributed by atoms with Crippen LogP contribution in [-0.4, -0.2) is 21.9 Å². The lowest BCUT2D eigenvalue weighted by Gasteiger charge is -2.07. The number of carbonyl (C=O) groups excluding carboxylic acids is 2.